The van der Waals surface area contributed by atoms with Crippen molar-refractivity contribution in [3.05, 3.63) is 23.8 Å². The summed E-state index contributed by atoms with van der Waals surface area (Å²) in [6.45, 7) is 5.71. The van der Waals surface area contributed by atoms with Gasteiger partial charge in [-0.1, -0.05) is 19.9 Å². The lowest BCUT2D eigenvalue weighted by atomic mass is 10.2. The Labute approximate surface area is 102 Å². The molecule has 1 rings (SSSR count). The van der Waals surface area contributed by atoms with Crippen LogP contribution in [0.3, 0.4) is 0 Å². The number of aliphatic imine (C=N–C) groups is 1. The zero-order chi connectivity index (χ0) is 12.7. The van der Waals surface area contributed by atoms with Gasteiger partial charge in [-0.05, 0) is 12.1 Å². The Bertz CT molecular complexity index is 376. The van der Waals surface area contributed by atoms with Crippen molar-refractivity contribution in [2.24, 2.45) is 4.99 Å². The molecule has 0 aliphatic carbocycles. The van der Waals surface area contributed by atoms with Gasteiger partial charge in [-0.15, -0.1) is 0 Å². The Morgan fingerprint density at radius 1 is 1.47 bits per heavy atom. The first kappa shape index (κ1) is 13.5. The predicted octanol–water partition coefficient (Wildman–Crippen LogP) is 1.82. The van der Waals surface area contributed by atoms with E-state index in [0.29, 0.717) is 23.9 Å². The van der Waals surface area contributed by atoms with E-state index in [1.807, 2.05) is 6.07 Å². The van der Waals surface area contributed by atoms with E-state index >= 15 is 0 Å². The summed E-state index contributed by atoms with van der Waals surface area (Å²) in [5.74, 6) is 0.602. The van der Waals surface area contributed by atoms with E-state index in [4.69, 9.17) is 4.74 Å². The maximum absolute atomic E-state index is 9.80. The third-order valence-corrected chi connectivity index (χ3v) is 2.27. The molecule has 0 aromatic heterocycles. The molecule has 0 radical (unpaired) electrons. The van der Waals surface area contributed by atoms with Crippen LogP contribution in [0.4, 0.5) is 0 Å². The van der Waals surface area contributed by atoms with E-state index < -0.39 is 0 Å². The minimum atomic E-state index is 0.135. The van der Waals surface area contributed by atoms with Crippen molar-refractivity contribution in [1.82, 2.24) is 5.32 Å². The zero-order valence-corrected chi connectivity index (χ0v) is 10.6. The molecule has 4 heteroatoms. The molecule has 17 heavy (non-hydrogen) atoms. The number of hydrogen-bond donors (Lipinski definition) is 2. The molecule has 94 valence electrons. The van der Waals surface area contributed by atoms with Crippen LogP contribution in [0.2, 0.25) is 0 Å². The highest BCUT2D eigenvalue weighted by Gasteiger charge is 2.04. The topological polar surface area (TPSA) is 53.8 Å². The summed E-state index contributed by atoms with van der Waals surface area (Å²) in [6.07, 6.45) is 1.67. The third kappa shape index (κ3) is 4.44. The lowest BCUT2D eigenvalue weighted by Gasteiger charge is -2.06. The smallest absolute Gasteiger partial charge is 0.166 e. The highest BCUT2D eigenvalue weighted by molar-refractivity contribution is 5.84. The molecule has 0 unspecified atom stereocenters. The molecule has 0 saturated carbocycles. The van der Waals surface area contributed by atoms with Gasteiger partial charge in [0.25, 0.3) is 0 Å². The molecule has 0 aliphatic rings. The molecule has 1 aromatic rings. The van der Waals surface area contributed by atoms with Crippen LogP contribution in [0.5, 0.6) is 11.5 Å². The number of aromatic hydroxyl groups is 1. The summed E-state index contributed by atoms with van der Waals surface area (Å²) in [5.41, 5.74) is 0.675. The van der Waals surface area contributed by atoms with Gasteiger partial charge < -0.3 is 15.2 Å². The van der Waals surface area contributed by atoms with Crippen LogP contribution in [-0.4, -0.2) is 37.6 Å². The fourth-order valence-corrected chi connectivity index (χ4v) is 1.39. The Kier molecular flexibility index (Phi) is 5.49. The molecule has 4 nitrogen and oxygen atoms in total. The quantitative estimate of drug-likeness (QED) is 0.585. The highest BCUT2D eigenvalue weighted by atomic mass is 16.5. The van der Waals surface area contributed by atoms with E-state index in [0.717, 1.165) is 6.54 Å². The number of phenols is 1. The lowest BCUT2D eigenvalue weighted by molar-refractivity contribution is 0.373. The summed E-state index contributed by atoms with van der Waals surface area (Å²) in [5, 5.41) is 13.1. The molecule has 0 heterocycles. The Morgan fingerprint density at radius 2 is 2.24 bits per heavy atom. The van der Waals surface area contributed by atoms with Gasteiger partial charge in [0.1, 0.15) is 0 Å². The second kappa shape index (κ2) is 6.91. The van der Waals surface area contributed by atoms with Crippen LogP contribution < -0.4 is 10.1 Å². The van der Waals surface area contributed by atoms with Crippen molar-refractivity contribution in [3.63, 3.8) is 0 Å². The van der Waals surface area contributed by atoms with Crippen LogP contribution in [0.1, 0.15) is 19.4 Å². The van der Waals surface area contributed by atoms with E-state index in [9.17, 15) is 5.11 Å². The zero-order valence-electron chi connectivity index (χ0n) is 10.6. The van der Waals surface area contributed by atoms with Crippen LogP contribution in [0.15, 0.2) is 23.2 Å². The number of methoxy groups -OCH3 is 1. The van der Waals surface area contributed by atoms with Crippen LogP contribution in [0, 0.1) is 0 Å². The summed E-state index contributed by atoms with van der Waals surface area (Å²) < 4.78 is 5.02. The van der Waals surface area contributed by atoms with Crippen LogP contribution in [0.25, 0.3) is 0 Å². The number of nitrogens with one attached hydrogen (secondary N) is 1. The molecule has 0 spiro atoms. The first-order valence-electron chi connectivity index (χ1n) is 5.74. The molecule has 0 aliphatic heterocycles. The molecular formula is C13H20N2O2. The van der Waals surface area contributed by atoms with Crippen LogP contribution in [-0.2, 0) is 0 Å². The van der Waals surface area contributed by atoms with Gasteiger partial charge >= 0.3 is 0 Å². The van der Waals surface area contributed by atoms with Gasteiger partial charge in [0.05, 0.1) is 13.7 Å². The minimum Gasteiger partial charge on any atom is -0.504 e. The second-order valence-electron chi connectivity index (χ2n) is 4.04. The number of nitrogens with zero attached hydrogens (tertiary/aromatic N) is 1. The van der Waals surface area contributed by atoms with Crippen molar-refractivity contribution >= 4 is 6.21 Å². The Hall–Kier alpha value is -1.55. The maximum atomic E-state index is 9.80. The first-order chi connectivity index (χ1) is 8.15. The number of phenolic OH excluding ortho intramolecular Hbond substituents is 1. The SMILES string of the molecule is COc1cccc(C=NCCNC(C)C)c1O. The monoisotopic (exact) mass is 236 g/mol. The molecule has 0 fully saturated rings. The highest BCUT2D eigenvalue weighted by Crippen LogP contribution is 2.27. The summed E-state index contributed by atoms with van der Waals surface area (Å²) >= 11 is 0. The van der Waals surface area contributed by atoms with E-state index in [-0.39, 0.29) is 5.75 Å². The second-order valence-corrected chi connectivity index (χ2v) is 4.04. The van der Waals surface area contributed by atoms with Crippen molar-refractivity contribution < 1.29 is 9.84 Å². The number of rotatable bonds is 6. The normalized spacial score (nSPS) is 11.3. The van der Waals surface area contributed by atoms with Crippen molar-refractivity contribution in [1.29, 1.82) is 0 Å². The van der Waals surface area contributed by atoms with E-state index in [1.165, 1.54) is 7.11 Å². The third-order valence-electron chi connectivity index (χ3n) is 2.27. The number of benzene rings is 1. The molecule has 0 saturated heterocycles. The Balaban J connectivity index is 2.53. The first-order valence-corrected chi connectivity index (χ1v) is 5.74. The maximum Gasteiger partial charge on any atom is 0.166 e. The van der Waals surface area contributed by atoms with Gasteiger partial charge in [0.2, 0.25) is 0 Å². The average molecular weight is 236 g/mol. The molecule has 0 atom stereocenters. The molecule has 0 amide bonds. The summed E-state index contributed by atoms with van der Waals surface area (Å²) in [6, 6.07) is 5.81. The van der Waals surface area contributed by atoms with Crippen molar-refractivity contribution in [2.45, 2.75) is 19.9 Å². The van der Waals surface area contributed by atoms with Crippen molar-refractivity contribution in [2.75, 3.05) is 20.2 Å². The molecule has 0 bridgehead atoms. The fourth-order valence-electron chi connectivity index (χ4n) is 1.39. The van der Waals surface area contributed by atoms with Crippen molar-refractivity contribution in [3.8, 4) is 11.5 Å². The molecular weight excluding hydrogens is 216 g/mol. The standard InChI is InChI=1S/C13H20N2O2/c1-10(2)15-8-7-14-9-11-5-4-6-12(17-3)13(11)16/h4-6,9-10,15-16H,7-8H2,1-3H3. The summed E-state index contributed by atoms with van der Waals surface area (Å²) in [4.78, 5) is 4.25. The summed E-state index contributed by atoms with van der Waals surface area (Å²) in [7, 11) is 1.53. The number of para-hydroxylation sites is 1. The predicted molar refractivity (Wildman–Crippen MR) is 70.3 cm³/mol. The van der Waals surface area contributed by atoms with Gasteiger partial charge in [0.15, 0.2) is 11.5 Å². The van der Waals surface area contributed by atoms with Gasteiger partial charge in [-0.2, -0.15) is 0 Å². The number of ether oxygens (including phenoxy) is 1. The largest absolute Gasteiger partial charge is 0.504 e. The van der Waals surface area contributed by atoms with E-state index in [1.54, 1.807) is 18.3 Å². The van der Waals surface area contributed by atoms with Crippen LogP contribution >= 0.6 is 0 Å². The fraction of sp³-hybridized carbons (Fsp3) is 0.462. The average Bonchev–Trinajstić information content (AvgIpc) is 2.30. The minimum absolute atomic E-state index is 0.135. The molecule has 2 N–H and O–H groups in total. The molecule has 1 aromatic carbocycles. The van der Waals surface area contributed by atoms with Gasteiger partial charge in [0, 0.05) is 24.4 Å². The number of hydrogen-bond acceptors (Lipinski definition) is 4. The van der Waals surface area contributed by atoms with Gasteiger partial charge in [-0.25, -0.2) is 0 Å². The van der Waals surface area contributed by atoms with E-state index in [2.05, 4.69) is 24.2 Å². The lowest BCUT2D eigenvalue weighted by Crippen LogP contribution is -2.25. The van der Waals surface area contributed by atoms with Gasteiger partial charge in [-0.3, -0.25) is 4.99 Å². The Morgan fingerprint density at radius 3 is 2.88 bits per heavy atom.